The number of methoxy groups -OCH3 is 1. The molecule has 0 bridgehead atoms. The summed E-state index contributed by atoms with van der Waals surface area (Å²) < 4.78 is 28.1. The lowest BCUT2D eigenvalue weighted by Gasteiger charge is -2.06. The molecule has 3 rings (SSSR count). The number of aromatic nitrogens is 2. The summed E-state index contributed by atoms with van der Waals surface area (Å²) in [5.74, 6) is 5.00. The third-order valence-corrected chi connectivity index (χ3v) is 3.61. The van der Waals surface area contributed by atoms with Gasteiger partial charge in [-0.2, -0.15) is 4.98 Å². The van der Waals surface area contributed by atoms with Gasteiger partial charge in [0.1, 0.15) is 17.8 Å². The summed E-state index contributed by atoms with van der Waals surface area (Å²) in [5, 5.41) is 0.136. The monoisotopic (exact) mass is 370 g/mol. The molecule has 0 aliphatic rings. The van der Waals surface area contributed by atoms with Crippen LogP contribution in [0.25, 0.3) is 11.1 Å². The lowest BCUT2D eigenvalue weighted by Crippen LogP contribution is -2.15. The van der Waals surface area contributed by atoms with Crippen LogP contribution >= 0.6 is 0 Å². The van der Waals surface area contributed by atoms with Gasteiger partial charge in [-0.05, 0) is 29.7 Å². The highest BCUT2D eigenvalue weighted by molar-refractivity contribution is 5.76. The Morgan fingerprint density at radius 2 is 1.93 bits per heavy atom. The molecule has 7 nitrogen and oxygen atoms in total. The number of rotatable bonds is 5. The molecule has 0 unspecified atom stereocenters. The van der Waals surface area contributed by atoms with Gasteiger partial charge in [-0.1, -0.05) is 24.0 Å². The minimum Gasteiger partial charge on any atom is -0.451 e. The number of fused-ring (bicyclic) bond motifs is 1. The Hall–Kier alpha value is -3.44. The van der Waals surface area contributed by atoms with Crippen molar-refractivity contribution in [1.29, 1.82) is 0 Å². The second kappa shape index (κ2) is 8.29. The van der Waals surface area contributed by atoms with E-state index in [1.165, 1.54) is 25.3 Å². The Labute approximate surface area is 152 Å². The SMILES string of the molecule is COCC#CCOc1nc2oc(=O)cc(Cc3ccc(F)cc3)c2c(=O)[nH]1. The van der Waals surface area contributed by atoms with Crippen molar-refractivity contribution in [3.8, 4) is 17.9 Å². The van der Waals surface area contributed by atoms with Crippen LogP contribution in [0.2, 0.25) is 0 Å². The van der Waals surface area contributed by atoms with Crippen LogP contribution in [0.4, 0.5) is 4.39 Å². The zero-order valence-electron chi connectivity index (χ0n) is 14.4. The first-order valence-electron chi connectivity index (χ1n) is 7.96. The maximum Gasteiger partial charge on any atom is 0.337 e. The summed E-state index contributed by atoms with van der Waals surface area (Å²) >= 11 is 0. The largest absolute Gasteiger partial charge is 0.451 e. The molecule has 0 atom stereocenters. The second-order valence-electron chi connectivity index (χ2n) is 5.52. The van der Waals surface area contributed by atoms with E-state index in [0.29, 0.717) is 5.56 Å². The molecule has 0 saturated carbocycles. The topological polar surface area (TPSA) is 94.4 Å². The average molecular weight is 370 g/mol. The molecule has 1 aromatic carbocycles. The van der Waals surface area contributed by atoms with Crippen LogP contribution in [-0.2, 0) is 11.2 Å². The van der Waals surface area contributed by atoms with Crippen LogP contribution in [0, 0.1) is 17.7 Å². The zero-order chi connectivity index (χ0) is 19.2. The second-order valence-corrected chi connectivity index (χ2v) is 5.52. The van der Waals surface area contributed by atoms with E-state index in [1.807, 2.05) is 0 Å². The number of nitrogens with one attached hydrogen (secondary N) is 1. The van der Waals surface area contributed by atoms with E-state index in [-0.39, 0.29) is 42.6 Å². The summed E-state index contributed by atoms with van der Waals surface area (Å²) in [4.78, 5) is 30.8. The normalized spacial score (nSPS) is 10.4. The number of benzene rings is 1. The molecule has 2 aromatic heterocycles. The minimum atomic E-state index is -0.649. The molecule has 1 N–H and O–H groups in total. The third-order valence-electron chi connectivity index (χ3n) is 3.61. The molecule has 2 heterocycles. The van der Waals surface area contributed by atoms with E-state index >= 15 is 0 Å². The predicted molar refractivity (Wildman–Crippen MR) is 95.3 cm³/mol. The smallest absolute Gasteiger partial charge is 0.337 e. The van der Waals surface area contributed by atoms with Gasteiger partial charge in [0.05, 0.1) is 0 Å². The van der Waals surface area contributed by atoms with Crippen molar-refractivity contribution in [1.82, 2.24) is 9.97 Å². The lowest BCUT2D eigenvalue weighted by atomic mass is 10.0. The Morgan fingerprint density at radius 1 is 1.19 bits per heavy atom. The Balaban J connectivity index is 1.94. The van der Waals surface area contributed by atoms with Gasteiger partial charge in [-0.15, -0.1) is 0 Å². The molecule has 3 aromatic rings. The fourth-order valence-corrected chi connectivity index (χ4v) is 2.44. The third kappa shape index (κ3) is 4.59. The first-order valence-corrected chi connectivity index (χ1v) is 7.96. The molecule has 0 aliphatic heterocycles. The van der Waals surface area contributed by atoms with Crippen LogP contribution in [0.1, 0.15) is 11.1 Å². The number of nitrogens with zero attached hydrogens (tertiary/aromatic N) is 1. The summed E-state index contributed by atoms with van der Waals surface area (Å²) in [6, 6.07) is 6.88. The van der Waals surface area contributed by atoms with E-state index < -0.39 is 11.2 Å². The quantitative estimate of drug-likeness (QED) is 0.686. The van der Waals surface area contributed by atoms with E-state index in [2.05, 4.69) is 21.8 Å². The van der Waals surface area contributed by atoms with Crippen molar-refractivity contribution in [2.45, 2.75) is 6.42 Å². The van der Waals surface area contributed by atoms with Gasteiger partial charge in [0.2, 0.25) is 5.71 Å². The van der Waals surface area contributed by atoms with E-state index in [1.54, 1.807) is 12.1 Å². The summed E-state index contributed by atoms with van der Waals surface area (Å²) in [6.45, 7) is 0.240. The number of hydrogen-bond donors (Lipinski definition) is 1. The molecule has 0 aliphatic carbocycles. The van der Waals surface area contributed by atoms with Gasteiger partial charge >= 0.3 is 11.6 Å². The molecule has 8 heteroatoms. The molecule has 0 saturated heterocycles. The number of ether oxygens (including phenoxy) is 2. The molecule has 0 spiro atoms. The van der Waals surface area contributed by atoms with Crippen molar-refractivity contribution in [2.75, 3.05) is 20.3 Å². The summed E-state index contributed by atoms with van der Waals surface area (Å²) in [7, 11) is 1.52. The fourth-order valence-electron chi connectivity index (χ4n) is 2.44. The number of aromatic amines is 1. The predicted octanol–water partition coefficient (Wildman–Crippen LogP) is 1.63. The van der Waals surface area contributed by atoms with Crippen molar-refractivity contribution in [2.24, 2.45) is 0 Å². The van der Waals surface area contributed by atoms with Gasteiger partial charge in [-0.25, -0.2) is 9.18 Å². The molecule has 138 valence electrons. The fraction of sp³-hybridized carbons (Fsp3) is 0.211. The van der Waals surface area contributed by atoms with Crippen molar-refractivity contribution >= 4 is 11.1 Å². The van der Waals surface area contributed by atoms with E-state index in [9.17, 15) is 14.0 Å². The number of hydrogen-bond acceptors (Lipinski definition) is 6. The molecule has 0 radical (unpaired) electrons. The van der Waals surface area contributed by atoms with Crippen molar-refractivity contribution in [3.63, 3.8) is 0 Å². The highest BCUT2D eigenvalue weighted by Crippen LogP contribution is 2.17. The molecule has 27 heavy (non-hydrogen) atoms. The molecular weight excluding hydrogens is 355 g/mol. The highest BCUT2D eigenvalue weighted by Gasteiger charge is 2.14. The van der Waals surface area contributed by atoms with Gasteiger partial charge in [0.15, 0.2) is 6.61 Å². The van der Waals surface area contributed by atoms with E-state index in [4.69, 9.17) is 13.9 Å². The number of halogens is 1. The van der Waals surface area contributed by atoms with Crippen LogP contribution in [-0.4, -0.2) is 30.3 Å². The standard InChI is InChI=1S/C19H15FN2O5/c1-25-8-2-3-9-26-19-21-17(24)16-13(11-15(23)27-18(16)22-19)10-12-4-6-14(20)7-5-12/h4-7,11H,8-10H2,1H3,(H,21,22,24). The Bertz CT molecular complexity index is 1120. The summed E-state index contributed by atoms with van der Waals surface area (Å²) in [5.41, 5.74) is -0.142. The lowest BCUT2D eigenvalue weighted by molar-refractivity contribution is 0.239. The van der Waals surface area contributed by atoms with Gasteiger partial charge in [0.25, 0.3) is 5.56 Å². The molecular formula is C19H15FN2O5. The summed E-state index contributed by atoms with van der Waals surface area (Å²) in [6.07, 6.45) is 0.246. The number of H-pyrrole nitrogens is 1. The van der Waals surface area contributed by atoms with Gasteiger partial charge in [-0.3, -0.25) is 9.78 Å². The highest BCUT2D eigenvalue weighted by atomic mass is 19.1. The van der Waals surface area contributed by atoms with Crippen LogP contribution in [0.3, 0.4) is 0 Å². The van der Waals surface area contributed by atoms with Crippen LogP contribution in [0.5, 0.6) is 6.01 Å². The van der Waals surface area contributed by atoms with Crippen LogP contribution < -0.4 is 15.9 Å². The molecule has 0 fully saturated rings. The maximum absolute atomic E-state index is 13.1. The van der Waals surface area contributed by atoms with Crippen LogP contribution in [0.15, 0.2) is 44.3 Å². The van der Waals surface area contributed by atoms with Crippen molar-refractivity contribution < 1.29 is 18.3 Å². The average Bonchev–Trinajstić information content (AvgIpc) is 2.63. The van der Waals surface area contributed by atoms with Gasteiger partial charge in [0, 0.05) is 13.2 Å². The Morgan fingerprint density at radius 3 is 2.67 bits per heavy atom. The minimum absolute atomic E-state index is 0.0166. The first-order chi connectivity index (χ1) is 13.1. The zero-order valence-corrected chi connectivity index (χ0v) is 14.4. The Kier molecular flexibility index (Phi) is 5.64. The van der Waals surface area contributed by atoms with E-state index in [0.717, 1.165) is 5.56 Å². The molecule has 0 amide bonds. The van der Waals surface area contributed by atoms with Crippen molar-refractivity contribution in [3.05, 3.63) is 68.0 Å². The maximum atomic E-state index is 13.1. The van der Waals surface area contributed by atoms with Gasteiger partial charge < -0.3 is 13.9 Å². The first kappa shape index (κ1) is 18.4.